The molecule has 0 aliphatic heterocycles. The van der Waals surface area contributed by atoms with Crippen LogP contribution in [0.15, 0.2) is 42.5 Å². The van der Waals surface area contributed by atoms with Crippen LogP contribution in [0.4, 0.5) is 18.9 Å². The summed E-state index contributed by atoms with van der Waals surface area (Å²) in [6.07, 6.45) is -4.17. The van der Waals surface area contributed by atoms with E-state index >= 15 is 0 Å². The molecular weight excluding hydrogens is 309 g/mol. The Balaban J connectivity index is 2.38. The number of rotatable bonds is 3. The van der Waals surface area contributed by atoms with E-state index in [1.54, 1.807) is 12.1 Å². The summed E-state index contributed by atoms with van der Waals surface area (Å²) in [5, 5.41) is 11.1. The van der Waals surface area contributed by atoms with Gasteiger partial charge in [-0.2, -0.15) is 18.4 Å². The SMILES string of the molecule is N#Cc1cc(NC(=O)c2ccccc2C=O)cc(C(F)(F)F)c1. The van der Waals surface area contributed by atoms with Gasteiger partial charge in [0.05, 0.1) is 22.8 Å². The van der Waals surface area contributed by atoms with Crippen molar-refractivity contribution >= 4 is 17.9 Å². The van der Waals surface area contributed by atoms with Gasteiger partial charge in [-0.25, -0.2) is 0 Å². The molecule has 7 heteroatoms. The first kappa shape index (κ1) is 16.2. The Labute approximate surface area is 129 Å². The van der Waals surface area contributed by atoms with Crippen LogP contribution in [-0.4, -0.2) is 12.2 Å². The number of benzene rings is 2. The maximum atomic E-state index is 12.8. The van der Waals surface area contributed by atoms with Gasteiger partial charge in [-0.05, 0) is 24.3 Å². The van der Waals surface area contributed by atoms with E-state index in [1.165, 1.54) is 18.2 Å². The van der Waals surface area contributed by atoms with Crippen molar-refractivity contribution in [3.8, 4) is 6.07 Å². The van der Waals surface area contributed by atoms with Crippen molar-refractivity contribution < 1.29 is 22.8 Å². The molecule has 0 aliphatic rings. The van der Waals surface area contributed by atoms with E-state index in [2.05, 4.69) is 5.32 Å². The van der Waals surface area contributed by atoms with Gasteiger partial charge in [-0.1, -0.05) is 18.2 Å². The van der Waals surface area contributed by atoms with E-state index in [4.69, 9.17) is 5.26 Å². The first-order valence-electron chi connectivity index (χ1n) is 6.33. The van der Waals surface area contributed by atoms with E-state index in [9.17, 15) is 22.8 Å². The summed E-state index contributed by atoms with van der Waals surface area (Å²) in [6.45, 7) is 0. The number of halogens is 3. The second-order valence-corrected chi connectivity index (χ2v) is 4.57. The normalized spacial score (nSPS) is 10.7. The number of hydrogen-bond acceptors (Lipinski definition) is 3. The fourth-order valence-corrected chi connectivity index (χ4v) is 1.93. The number of alkyl halides is 3. The van der Waals surface area contributed by atoms with Crippen LogP contribution in [0, 0.1) is 11.3 Å². The highest BCUT2D eigenvalue weighted by Gasteiger charge is 2.31. The Kier molecular flexibility index (Phi) is 4.46. The number of carbonyl (C=O) groups is 2. The van der Waals surface area contributed by atoms with Crippen LogP contribution in [0.2, 0.25) is 0 Å². The Morgan fingerprint density at radius 3 is 2.48 bits per heavy atom. The minimum atomic E-state index is -4.65. The van der Waals surface area contributed by atoms with Crippen LogP contribution >= 0.6 is 0 Å². The zero-order chi connectivity index (χ0) is 17.0. The number of anilines is 1. The van der Waals surface area contributed by atoms with Crippen molar-refractivity contribution in [1.29, 1.82) is 5.26 Å². The molecule has 0 heterocycles. The van der Waals surface area contributed by atoms with Crippen molar-refractivity contribution in [2.75, 3.05) is 5.32 Å². The van der Waals surface area contributed by atoms with Crippen molar-refractivity contribution in [3.63, 3.8) is 0 Å². The van der Waals surface area contributed by atoms with Gasteiger partial charge in [0.25, 0.3) is 5.91 Å². The predicted molar refractivity (Wildman–Crippen MR) is 75.9 cm³/mol. The first-order valence-corrected chi connectivity index (χ1v) is 6.33. The monoisotopic (exact) mass is 318 g/mol. The third-order valence-electron chi connectivity index (χ3n) is 2.98. The lowest BCUT2D eigenvalue weighted by Crippen LogP contribution is -2.15. The minimum Gasteiger partial charge on any atom is -0.322 e. The van der Waals surface area contributed by atoms with Crippen molar-refractivity contribution in [2.24, 2.45) is 0 Å². The van der Waals surface area contributed by atoms with Crippen LogP contribution in [0.1, 0.15) is 31.8 Å². The third-order valence-corrected chi connectivity index (χ3v) is 2.98. The van der Waals surface area contributed by atoms with Gasteiger partial charge in [0.15, 0.2) is 6.29 Å². The van der Waals surface area contributed by atoms with Crippen LogP contribution in [0.25, 0.3) is 0 Å². The van der Waals surface area contributed by atoms with Gasteiger partial charge in [0, 0.05) is 11.3 Å². The van der Waals surface area contributed by atoms with Crippen molar-refractivity contribution in [2.45, 2.75) is 6.18 Å². The molecule has 0 atom stereocenters. The van der Waals surface area contributed by atoms with Crippen LogP contribution in [-0.2, 0) is 6.18 Å². The van der Waals surface area contributed by atoms with Crippen LogP contribution in [0.5, 0.6) is 0 Å². The molecule has 0 fully saturated rings. The zero-order valence-corrected chi connectivity index (χ0v) is 11.5. The van der Waals surface area contributed by atoms with Crippen molar-refractivity contribution in [1.82, 2.24) is 0 Å². The topological polar surface area (TPSA) is 70.0 Å². The average Bonchev–Trinajstić information content (AvgIpc) is 2.53. The maximum absolute atomic E-state index is 12.8. The van der Waals surface area contributed by atoms with E-state index in [1.807, 2.05) is 0 Å². The second kappa shape index (κ2) is 6.32. The lowest BCUT2D eigenvalue weighted by Gasteiger charge is -2.11. The van der Waals surface area contributed by atoms with Crippen LogP contribution < -0.4 is 5.32 Å². The Morgan fingerprint density at radius 2 is 1.87 bits per heavy atom. The molecule has 2 rings (SSSR count). The molecule has 0 spiro atoms. The fraction of sp³-hybridized carbons (Fsp3) is 0.0625. The quantitative estimate of drug-likeness (QED) is 0.878. The summed E-state index contributed by atoms with van der Waals surface area (Å²) in [5.41, 5.74) is -1.33. The number of nitrogens with zero attached hydrogens (tertiary/aromatic N) is 1. The summed E-state index contributed by atoms with van der Waals surface area (Å²) in [7, 11) is 0. The largest absolute Gasteiger partial charge is 0.416 e. The lowest BCUT2D eigenvalue weighted by molar-refractivity contribution is -0.137. The highest BCUT2D eigenvalue weighted by molar-refractivity contribution is 6.08. The molecule has 4 nitrogen and oxygen atoms in total. The Hall–Kier alpha value is -3.14. The number of hydrogen-bond donors (Lipinski definition) is 1. The molecule has 2 aromatic carbocycles. The molecule has 0 saturated carbocycles. The highest BCUT2D eigenvalue weighted by atomic mass is 19.4. The molecule has 0 saturated heterocycles. The zero-order valence-electron chi connectivity index (χ0n) is 11.5. The fourth-order valence-electron chi connectivity index (χ4n) is 1.93. The molecule has 0 bridgehead atoms. The maximum Gasteiger partial charge on any atom is 0.416 e. The number of aldehydes is 1. The standard InChI is InChI=1S/C16H9F3N2O2/c17-16(18,19)12-5-10(8-20)6-13(7-12)21-15(23)14-4-2-1-3-11(14)9-22/h1-7,9H,(H,21,23). The number of carbonyl (C=O) groups excluding carboxylic acids is 2. The summed E-state index contributed by atoms with van der Waals surface area (Å²) in [5.74, 6) is -0.740. The Morgan fingerprint density at radius 1 is 1.17 bits per heavy atom. The molecule has 2 aromatic rings. The van der Waals surface area contributed by atoms with Gasteiger partial charge in [0.2, 0.25) is 0 Å². The van der Waals surface area contributed by atoms with E-state index < -0.39 is 17.6 Å². The van der Waals surface area contributed by atoms with Gasteiger partial charge >= 0.3 is 6.18 Å². The molecule has 0 aromatic heterocycles. The van der Waals surface area contributed by atoms with E-state index in [-0.39, 0.29) is 22.4 Å². The molecule has 23 heavy (non-hydrogen) atoms. The minimum absolute atomic E-state index is 0.0263. The predicted octanol–water partition coefficient (Wildman–Crippen LogP) is 3.64. The first-order chi connectivity index (χ1) is 10.8. The average molecular weight is 318 g/mol. The molecule has 0 aliphatic carbocycles. The van der Waals surface area contributed by atoms with Gasteiger partial charge in [0.1, 0.15) is 0 Å². The summed E-state index contributed by atoms with van der Waals surface area (Å²) >= 11 is 0. The Bertz CT molecular complexity index is 808. The van der Waals surface area contributed by atoms with Gasteiger partial charge < -0.3 is 5.32 Å². The molecule has 1 N–H and O–H groups in total. The molecular formula is C16H9F3N2O2. The summed E-state index contributed by atoms with van der Waals surface area (Å²) in [6, 6.07) is 10.0. The lowest BCUT2D eigenvalue weighted by atomic mass is 10.1. The number of nitrogens with one attached hydrogen (secondary N) is 1. The second-order valence-electron chi connectivity index (χ2n) is 4.57. The van der Waals surface area contributed by atoms with E-state index in [0.717, 1.165) is 12.1 Å². The molecule has 0 radical (unpaired) electrons. The molecule has 1 amide bonds. The smallest absolute Gasteiger partial charge is 0.322 e. The van der Waals surface area contributed by atoms with Gasteiger partial charge in [-0.15, -0.1) is 0 Å². The van der Waals surface area contributed by atoms with Gasteiger partial charge in [-0.3, -0.25) is 9.59 Å². The molecule has 0 unspecified atom stereocenters. The number of nitriles is 1. The molecule has 116 valence electrons. The number of amides is 1. The summed E-state index contributed by atoms with van der Waals surface area (Å²) in [4.78, 5) is 23.0. The van der Waals surface area contributed by atoms with Crippen LogP contribution in [0.3, 0.4) is 0 Å². The summed E-state index contributed by atoms with van der Waals surface area (Å²) < 4.78 is 38.4. The third kappa shape index (κ3) is 3.74. The highest BCUT2D eigenvalue weighted by Crippen LogP contribution is 2.32. The van der Waals surface area contributed by atoms with E-state index in [0.29, 0.717) is 12.4 Å². The van der Waals surface area contributed by atoms with Crippen molar-refractivity contribution in [3.05, 3.63) is 64.7 Å².